The van der Waals surface area contributed by atoms with E-state index in [1.54, 1.807) is 6.07 Å². The molecule has 3 heterocycles. The number of anilines is 2. The first kappa shape index (κ1) is 23.4. The van der Waals surface area contributed by atoms with Crippen LogP contribution in [0.3, 0.4) is 0 Å². The summed E-state index contributed by atoms with van der Waals surface area (Å²) in [4.78, 5) is 20.5. The number of benzene rings is 2. The van der Waals surface area contributed by atoms with Gasteiger partial charge in [0.1, 0.15) is 12.1 Å². The summed E-state index contributed by atoms with van der Waals surface area (Å²) in [5, 5.41) is 14.6. The Balaban J connectivity index is 1.61. The number of aromatic amines is 2. The Morgan fingerprint density at radius 1 is 1.14 bits per heavy atom. The zero-order valence-electron chi connectivity index (χ0n) is 19.9. The van der Waals surface area contributed by atoms with E-state index in [1.807, 2.05) is 32.0 Å². The van der Waals surface area contributed by atoms with Crippen molar-refractivity contribution in [2.24, 2.45) is 0 Å². The van der Waals surface area contributed by atoms with E-state index in [1.165, 1.54) is 19.2 Å². The molecule has 0 aliphatic carbocycles. The molecule has 1 aliphatic heterocycles. The molecule has 1 saturated heterocycles. The van der Waals surface area contributed by atoms with Gasteiger partial charge in [-0.05, 0) is 57.4 Å². The summed E-state index contributed by atoms with van der Waals surface area (Å²) >= 11 is 6.53. The maximum atomic E-state index is 13.4. The van der Waals surface area contributed by atoms with Gasteiger partial charge in [-0.3, -0.25) is 4.79 Å². The van der Waals surface area contributed by atoms with Crippen LogP contribution in [-0.4, -0.2) is 39.4 Å². The quantitative estimate of drug-likeness (QED) is 0.281. The normalized spacial score (nSPS) is 15.9. The second kappa shape index (κ2) is 10.1. The van der Waals surface area contributed by atoms with Crippen LogP contribution < -0.4 is 20.9 Å². The maximum Gasteiger partial charge on any atom is 0.260 e. The molecule has 2 aromatic heterocycles. The SMILES string of the molecule is Cc1cc(C)cc(-c2c(OCC[C@@H]3CCCCN3)c3cc(Nc4ncn[nH]4)c(Cl)cc3[nH]c2=O)c1. The molecular weight excluding hydrogens is 464 g/mol. The summed E-state index contributed by atoms with van der Waals surface area (Å²) in [6, 6.07) is 10.2. The van der Waals surface area contributed by atoms with Gasteiger partial charge in [0.15, 0.2) is 0 Å². The third-order valence-electron chi connectivity index (χ3n) is 6.36. The van der Waals surface area contributed by atoms with Crippen LogP contribution in [0.15, 0.2) is 41.5 Å². The number of pyridine rings is 1. The van der Waals surface area contributed by atoms with Crippen LogP contribution in [0.1, 0.15) is 36.8 Å². The van der Waals surface area contributed by atoms with E-state index in [4.69, 9.17) is 16.3 Å². The first-order valence-corrected chi connectivity index (χ1v) is 12.3. The summed E-state index contributed by atoms with van der Waals surface area (Å²) < 4.78 is 6.43. The number of H-pyrrole nitrogens is 2. The molecule has 0 saturated carbocycles. The number of fused-ring (bicyclic) bond motifs is 1. The van der Waals surface area contributed by atoms with Crippen LogP contribution in [0.4, 0.5) is 11.6 Å². The highest BCUT2D eigenvalue weighted by Gasteiger charge is 2.20. The molecule has 4 N–H and O–H groups in total. The van der Waals surface area contributed by atoms with Gasteiger partial charge in [0.05, 0.1) is 28.4 Å². The number of halogens is 1. The number of rotatable bonds is 7. The lowest BCUT2D eigenvalue weighted by Gasteiger charge is -2.24. The fraction of sp³-hybridized carbons (Fsp3) is 0.346. The zero-order chi connectivity index (χ0) is 24.4. The highest BCUT2D eigenvalue weighted by atomic mass is 35.5. The molecule has 0 amide bonds. The fourth-order valence-electron chi connectivity index (χ4n) is 4.78. The van der Waals surface area contributed by atoms with E-state index in [0.717, 1.165) is 41.5 Å². The van der Waals surface area contributed by atoms with Crippen molar-refractivity contribution in [2.45, 2.75) is 45.6 Å². The van der Waals surface area contributed by atoms with Gasteiger partial charge in [0, 0.05) is 11.4 Å². The molecular formula is C26H29ClN6O2. The molecule has 1 fully saturated rings. The lowest BCUT2D eigenvalue weighted by Crippen LogP contribution is -2.35. The predicted molar refractivity (Wildman–Crippen MR) is 140 cm³/mol. The molecule has 0 unspecified atom stereocenters. The van der Waals surface area contributed by atoms with Crippen molar-refractivity contribution in [3.05, 3.63) is 63.2 Å². The van der Waals surface area contributed by atoms with E-state index >= 15 is 0 Å². The molecule has 1 atom stereocenters. The Morgan fingerprint density at radius 3 is 2.69 bits per heavy atom. The van der Waals surface area contributed by atoms with Crippen molar-refractivity contribution in [3.63, 3.8) is 0 Å². The molecule has 8 nitrogen and oxygen atoms in total. The minimum atomic E-state index is -0.208. The molecule has 5 rings (SSSR count). The fourth-order valence-corrected chi connectivity index (χ4v) is 4.99. The number of nitrogens with one attached hydrogen (secondary N) is 4. The number of aromatic nitrogens is 4. The van der Waals surface area contributed by atoms with Gasteiger partial charge in [-0.25, -0.2) is 5.10 Å². The Bertz CT molecular complexity index is 1370. The minimum Gasteiger partial charge on any atom is -0.492 e. The van der Waals surface area contributed by atoms with E-state index in [-0.39, 0.29) is 5.56 Å². The Labute approximate surface area is 208 Å². The first-order valence-electron chi connectivity index (χ1n) is 11.9. The highest BCUT2D eigenvalue weighted by molar-refractivity contribution is 6.34. The van der Waals surface area contributed by atoms with Crippen LogP contribution in [0.5, 0.6) is 5.75 Å². The molecule has 0 bridgehead atoms. The Hall–Kier alpha value is -3.36. The van der Waals surface area contributed by atoms with E-state index in [0.29, 0.717) is 46.1 Å². The smallest absolute Gasteiger partial charge is 0.260 e. The molecule has 0 radical (unpaired) electrons. The summed E-state index contributed by atoms with van der Waals surface area (Å²) in [7, 11) is 0. The molecule has 182 valence electrons. The van der Waals surface area contributed by atoms with E-state index in [2.05, 4.69) is 36.9 Å². The lowest BCUT2D eigenvalue weighted by atomic mass is 9.99. The molecule has 2 aromatic carbocycles. The summed E-state index contributed by atoms with van der Waals surface area (Å²) in [5.74, 6) is 1.03. The summed E-state index contributed by atoms with van der Waals surface area (Å²) in [6.07, 6.45) is 5.88. The van der Waals surface area contributed by atoms with Gasteiger partial charge < -0.3 is 20.4 Å². The van der Waals surface area contributed by atoms with Crippen LogP contribution >= 0.6 is 11.6 Å². The van der Waals surface area contributed by atoms with Crippen molar-refractivity contribution >= 4 is 34.1 Å². The molecule has 1 aliphatic rings. The Kier molecular flexibility index (Phi) is 6.74. The topological polar surface area (TPSA) is 108 Å². The molecule has 4 aromatic rings. The monoisotopic (exact) mass is 492 g/mol. The third kappa shape index (κ3) is 5.18. The van der Waals surface area contributed by atoms with Gasteiger partial charge in [-0.1, -0.05) is 47.3 Å². The number of aryl methyl sites for hydroxylation is 2. The summed E-state index contributed by atoms with van der Waals surface area (Å²) in [6.45, 7) is 5.60. The predicted octanol–water partition coefficient (Wildman–Crippen LogP) is 5.24. The highest BCUT2D eigenvalue weighted by Crippen LogP contribution is 2.38. The average Bonchev–Trinajstić information content (AvgIpc) is 3.33. The average molecular weight is 493 g/mol. The zero-order valence-corrected chi connectivity index (χ0v) is 20.6. The maximum absolute atomic E-state index is 13.4. The summed E-state index contributed by atoms with van der Waals surface area (Å²) in [5.41, 5.74) is 4.56. The van der Waals surface area contributed by atoms with E-state index < -0.39 is 0 Å². The van der Waals surface area contributed by atoms with Crippen LogP contribution in [-0.2, 0) is 0 Å². The molecule has 0 spiro atoms. The Morgan fingerprint density at radius 2 is 1.97 bits per heavy atom. The van der Waals surface area contributed by atoms with Crippen molar-refractivity contribution in [3.8, 4) is 16.9 Å². The number of nitrogens with zero attached hydrogens (tertiary/aromatic N) is 2. The lowest BCUT2D eigenvalue weighted by molar-refractivity contribution is 0.271. The largest absolute Gasteiger partial charge is 0.492 e. The first-order chi connectivity index (χ1) is 17.0. The van der Waals surface area contributed by atoms with Crippen LogP contribution in [0.2, 0.25) is 5.02 Å². The standard InChI is InChI=1S/C26H29ClN6O2/c1-15-9-16(2)11-17(10-15)23-24(35-8-6-18-5-3-4-7-28-18)19-12-22(32-26-29-14-30-33-26)20(27)13-21(19)31-25(23)34/h9-14,18,28H,3-8H2,1-2H3,(H,31,34)(H2,29,30,32,33)/t18-/m0/s1. The number of hydrogen-bond acceptors (Lipinski definition) is 6. The number of hydrogen-bond donors (Lipinski definition) is 4. The van der Waals surface area contributed by atoms with Crippen LogP contribution in [0, 0.1) is 13.8 Å². The van der Waals surface area contributed by atoms with Crippen LogP contribution in [0.25, 0.3) is 22.0 Å². The van der Waals surface area contributed by atoms with Crippen molar-refractivity contribution < 1.29 is 4.74 Å². The van der Waals surface area contributed by atoms with Crippen molar-refractivity contribution in [1.29, 1.82) is 0 Å². The van der Waals surface area contributed by atoms with Gasteiger partial charge in [0.25, 0.3) is 5.56 Å². The number of piperidine rings is 1. The minimum absolute atomic E-state index is 0.208. The van der Waals surface area contributed by atoms with Gasteiger partial charge in [-0.2, -0.15) is 10.1 Å². The number of ether oxygens (including phenoxy) is 1. The van der Waals surface area contributed by atoms with E-state index in [9.17, 15) is 4.79 Å². The van der Waals surface area contributed by atoms with Gasteiger partial charge in [0.2, 0.25) is 5.95 Å². The second-order valence-corrected chi connectivity index (χ2v) is 9.56. The van der Waals surface area contributed by atoms with Crippen molar-refractivity contribution in [1.82, 2.24) is 25.5 Å². The van der Waals surface area contributed by atoms with Gasteiger partial charge >= 0.3 is 0 Å². The molecule has 9 heteroatoms. The third-order valence-corrected chi connectivity index (χ3v) is 6.67. The van der Waals surface area contributed by atoms with Gasteiger partial charge in [-0.15, -0.1) is 0 Å². The molecule has 35 heavy (non-hydrogen) atoms. The van der Waals surface area contributed by atoms with Crippen molar-refractivity contribution in [2.75, 3.05) is 18.5 Å². The second-order valence-electron chi connectivity index (χ2n) is 9.16.